The summed E-state index contributed by atoms with van der Waals surface area (Å²) in [6.45, 7) is 7.83. The molecule has 7 rings (SSSR count). The second kappa shape index (κ2) is 11.3. The zero-order valence-electron chi connectivity index (χ0n) is 24.8. The summed E-state index contributed by atoms with van der Waals surface area (Å²) in [5.41, 5.74) is 1.54. The van der Waals surface area contributed by atoms with Gasteiger partial charge in [-0.1, -0.05) is 18.6 Å². The Balaban J connectivity index is 1.17. The maximum atomic E-state index is 14.0. The van der Waals surface area contributed by atoms with Crippen molar-refractivity contribution in [2.45, 2.75) is 70.6 Å². The fourth-order valence-corrected chi connectivity index (χ4v) is 7.94. The summed E-state index contributed by atoms with van der Waals surface area (Å²) in [6.07, 6.45) is 7.81. The molecule has 4 aliphatic rings. The van der Waals surface area contributed by atoms with Gasteiger partial charge in [0.2, 0.25) is 0 Å². The smallest absolute Gasteiger partial charge is 0.318 e. The van der Waals surface area contributed by atoms with Gasteiger partial charge < -0.3 is 29.6 Å². The van der Waals surface area contributed by atoms with Crippen molar-refractivity contribution in [1.82, 2.24) is 19.8 Å². The number of hydrogen-bond acceptors (Lipinski definition) is 8. The van der Waals surface area contributed by atoms with E-state index in [2.05, 4.69) is 32.4 Å². The molecular formula is C33H40IN5O4. The fourth-order valence-electron chi connectivity index (χ4n) is 7.13. The van der Waals surface area contributed by atoms with Crippen LogP contribution in [0.25, 0.3) is 10.8 Å². The predicted molar refractivity (Wildman–Crippen MR) is 173 cm³/mol. The van der Waals surface area contributed by atoms with Crippen molar-refractivity contribution in [2.75, 3.05) is 44.2 Å². The Morgan fingerprint density at radius 2 is 1.86 bits per heavy atom. The van der Waals surface area contributed by atoms with Crippen molar-refractivity contribution in [2.24, 2.45) is 5.41 Å². The van der Waals surface area contributed by atoms with Gasteiger partial charge in [0.1, 0.15) is 11.6 Å². The van der Waals surface area contributed by atoms with Gasteiger partial charge in [-0.25, -0.2) is 0 Å². The number of β-amino-alcohol motifs (C(OH)–C–C–N with tert-alkyl or cyclic N) is 1. The summed E-state index contributed by atoms with van der Waals surface area (Å²) >= 11 is 2.25. The standard InChI is InChI=1S/C33H40IN5O4/c1-32(42)9-6-14-38(19-32)29-25-17-39(30(41)24-16-23(40)15-22-7-5-8-26(34)28(22)24)18-27(25)35-31(36-29)43-21-33(10-11-33)20-37-12-3-2-4-13-37/h5,7-8,15-16,40,42H,2-4,6,9-14,17-21H2,1H3/t32-/m1/s1. The highest BCUT2D eigenvalue weighted by Crippen LogP contribution is 2.47. The van der Waals surface area contributed by atoms with E-state index < -0.39 is 5.60 Å². The van der Waals surface area contributed by atoms with E-state index in [1.807, 2.05) is 25.1 Å². The monoisotopic (exact) mass is 697 g/mol. The van der Waals surface area contributed by atoms with E-state index in [0.29, 0.717) is 37.8 Å². The van der Waals surface area contributed by atoms with Crippen LogP contribution in [-0.4, -0.2) is 80.8 Å². The number of aromatic hydroxyl groups is 1. The summed E-state index contributed by atoms with van der Waals surface area (Å²) in [4.78, 5) is 30.4. The van der Waals surface area contributed by atoms with Crippen LogP contribution in [0.15, 0.2) is 30.3 Å². The summed E-state index contributed by atoms with van der Waals surface area (Å²) in [7, 11) is 0. The van der Waals surface area contributed by atoms with Crippen molar-refractivity contribution in [3.63, 3.8) is 0 Å². The van der Waals surface area contributed by atoms with Crippen LogP contribution in [0.3, 0.4) is 0 Å². The molecule has 1 aliphatic carbocycles. The number of aliphatic hydroxyl groups is 1. The van der Waals surface area contributed by atoms with E-state index in [1.54, 1.807) is 17.0 Å². The molecule has 0 spiro atoms. The number of ether oxygens (including phenoxy) is 1. The van der Waals surface area contributed by atoms with Crippen LogP contribution in [0.5, 0.6) is 11.8 Å². The summed E-state index contributed by atoms with van der Waals surface area (Å²) in [6, 6.07) is 9.44. The molecule has 1 atom stereocenters. The number of amides is 1. The Hall–Kier alpha value is -2.70. The quantitative estimate of drug-likeness (QED) is 0.330. The highest BCUT2D eigenvalue weighted by atomic mass is 127. The molecule has 3 aromatic rings. The molecule has 1 amide bonds. The third-order valence-electron chi connectivity index (χ3n) is 9.62. The molecule has 0 unspecified atom stereocenters. The molecule has 3 fully saturated rings. The fraction of sp³-hybridized carbons (Fsp3) is 0.545. The van der Waals surface area contributed by atoms with Crippen molar-refractivity contribution >= 4 is 45.1 Å². The molecule has 0 bridgehead atoms. The Morgan fingerprint density at radius 3 is 2.63 bits per heavy atom. The Labute approximate surface area is 266 Å². The van der Waals surface area contributed by atoms with Gasteiger partial charge >= 0.3 is 6.01 Å². The minimum absolute atomic E-state index is 0.0693. The number of fused-ring (bicyclic) bond motifs is 2. The molecule has 228 valence electrons. The van der Waals surface area contributed by atoms with Gasteiger partial charge in [0.15, 0.2) is 0 Å². The number of benzene rings is 2. The van der Waals surface area contributed by atoms with Crippen LogP contribution in [-0.2, 0) is 13.1 Å². The second-order valence-corrected chi connectivity index (χ2v) is 14.6. The first-order valence-electron chi connectivity index (χ1n) is 15.6. The predicted octanol–water partition coefficient (Wildman–Crippen LogP) is 5.09. The molecule has 1 aromatic heterocycles. The molecule has 0 radical (unpaired) electrons. The zero-order valence-corrected chi connectivity index (χ0v) is 27.0. The van der Waals surface area contributed by atoms with Crippen LogP contribution in [0.2, 0.25) is 0 Å². The normalized spacial score (nSPS) is 23.4. The minimum atomic E-state index is -0.811. The third kappa shape index (κ3) is 6.02. The highest BCUT2D eigenvalue weighted by Gasteiger charge is 2.45. The first kappa shape index (κ1) is 29.0. The number of phenols is 1. The second-order valence-electron chi connectivity index (χ2n) is 13.4. The Bertz CT molecular complexity index is 1550. The Kier molecular flexibility index (Phi) is 7.66. The van der Waals surface area contributed by atoms with Gasteiger partial charge in [0, 0.05) is 39.6 Å². The summed E-state index contributed by atoms with van der Waals surface area (Å²) in [5.74, 6) is 0.673. The molecule has 4 heterocycles. The molecular weight excluding hydrogens is 657 g/mol. The number of phenolic OH excluding ortho intramolecular Hbond substituents is 1. The van der Waals surface area contributed by atoms with E-state index >= 15 is 0 Å². The van der Waals surface area contributed by atoms with Crippen LogP contribution < -0.4 is 9.64 Å². The number of carbonyl (C=O) groups is 1. The topological polar surface area (TPSA) is 102 Å². The molecule has 10 heteroatoms. The van der Waals surface area contributed by atoms with E-state index in [9.17, 15) is 15.0 Å². The van der Waals surface area contributed by atoms with Gasteiger partial charge in [-0.15, -0.1) is 0 Å². The van der Waals surface area contributed by atoms with Crippen LogP contribution in [0.1, 0.15) is 73.5 Å². The van der Waals surface area contributed by atoms with Crippen molar-refractivity contribution in [1.29, 1.82) is 0 Å². The van der Waals surface area contributed by atoms with Crippen LogP contribution >= 0.6 is 22.6 Å². The summed E-state index contributed by atoms with van der Waals surface area (Å²) < 4.78 is 7.34. The lowest BCUT2D eigenvalue weighted by Gasteiger charge is -2.38. The maximum Gasteiger partial charge on any atom is 0.318 e. The highest BCUT2D eigenvalue weighted by molar-refractivity contribution is 14.1. The van der Waals surface area contributed by atoms with Crippen LogP contribution in [0, 0.1) is 8.99 Å². The largest absolute Gasteiger partial charge is 0.508 e. The molecule has 43 heavy (non-hydrogen) atoms. The van der Waals surface area contributed by atoms with Crippen molar-refractivity contribution in [3.8, 4) is 11.8 Å². The number of anilines is 1. The van der Waals surface area contributed by atoms with E-state index in [-0.39, 0.29) is 17.1 Å². The van der Waals surface area contributed by atoms with E-state index in [1.165, 1.54) is 32.4 Å². The number of piperidine rings is 2. The Morgan fingerprint density at radius 1 is 1.05 bits per heavy atom. The van der Waals surface area contributed by atoms with Gasteiger partial charge in [0.05, 0.1) is 36.6 Å². The summed E-state index contributed by atoms with van der Waals surface area (Å²) in [5, 5.41) is 23.1. The number of rotatable bonds is 7. The number of hydrogen-bond donors (Lipinski definition) is 2. The van der Waals surface area contributed by atoms with Gasteiger partial charge in [-0.05, 0) is 105 Å². The minimum Gasteiger partial charge on any atom is -0.508 e. The van der Waals surface area contributed by atoms with Crippen LogP contribution in [0.4, 0.5) is 5.82 Å². The molecule has 9 nitrogen and oxygen atoms in total. The molecule has 3 aliphatic heterocycles. The zero-order chi connectivity index (χ0) is 29.8. The third-order valence-corrected chi connectivity index (χ3v) is 10.5. The van der Waals surface area contributed by atoms with Gasteiger partial charge in [0.25, 0.3) is 5.91 Å². The lowest BCUT2D eigenvalue weighted by molar-refractivity contribution is 0.0445. The number of likely N-dealkylation sites (tertiary alicyclic amines) is 1. The first-order valence-corrected chi connectivity index (χ1v) is 16.7. The molecule has 2 N–H and O–H groups in total. The number of aromatic nitrogens is 2. The first-order chi connectivity index (χ1) is 20.7. The number of nitrogens with zero attached hydrogens (tertiary/aromatic N) is 5. The number of halogens is 1. The number of carbonyl (C=O) groups excluding carboxylic acids is 1. The van der Waals surface area contributed by atoms with Crippen molar-refractivity contribution < 1.29 is 19.7 Å². The maximum absolute atomic E-state index is 14.0. The average Bonchev–Trinajstić information content (AvgIpc) is 3.60. The SMILES string of the molecule is C[C@@]1(O)CCCN(c2nc(OCC3(CN4CCCCC4)CC3)nc3c2CN(C(=O)c2cc(O)cc4cccc(I)c24)C3)C1. The van der Waals surface area contributed by atoms with Gasteiger partial charge in [-0.3, -0.25) is 4.79 Å². The molecule has 1 saturated carbocycles. The lowest BCUT2D eigenvalue weighted by atomic mass is 9.95. The molecule has 2 saturated heterocycles. The average molecular weight is 698 g/mol. The van der Waals surface area contributed by atoms with E-state index in [4.69, 9.17) is 14.7 Å². The van der Waals surface area contributed by atoms with E-state index in [0.717, 1.165) is 70.2 Å². The molecule has 2 aromatic carbocycles. The van der Waals surface area contributed by atoms with Gasteiger partial charge in [-0.2, -0.15) is 9.97 Å². The lowest BCUT2D eigenvalue weighted by Crippen LogP contribution is -2.47. The van der Waals surface area contributed by atoms with Crippen molar-refractivity contribution in [3.05, 3.63) is 50.7 Å².